The van der Waals surface area contributed by atoms with Crippen LogP contribution in [0.1, 0.15) is 16.7 Å². The standard InChI is InChI=1S/C28H22N6O/c1-19-11-13-21(14-12-19)17-30-34-26-24(25-27(34)32-23-10-6-5-9-22(23)31-25)28(35)33(18-29-26)16-15-20-7-3-2-4-8-20/h2-14,17-18H,15-16H2,1H3/b30-17-. The minimum atomic E-state index is -0.148. The van der Waals surface area contributed by atoms with Crippen molar-refractivity contribution < 1.29 is 0 Å². The van der Waals surface area contributed by atoms with Crippen molar-refractivity contribution >= 4 is 39.4 Å². The summed E-state index contributed by atoms with van der Waals surface area (Å²) < 4.78 is 3.26. The number of aromatic nitrogens is 5. The van der Waals surface area contributed by atoms with Crippen LogP contribution in [0.4, 0.5) is 0 Å². The Morgan fingerprint density at radius 2 is 1.57 bits per heavy atom. The van der Waals surface area contributed by atoms with E-state index < -0.39 is 0 Å². The number of hydrogen-bond donors (Lipinski definition) is 0. The summed E-state index contributed by atoms with van der Waals surface area (Å²) in [5, 5.41) is 5.10. The average Bonchev–Trinajstić information content (AvgIpc) is 3.20. The molecule has 0 radical (unpaired) electrons. The molecule has 7 nitrogen and oxygen atoms in total. The van der Waals surface area contributed by atoms with E-state index in [9.17, 15) is 4.79 Å². The molecule has 6 aromatic rings. The summed E-state index contributed by atoms with van der Waals surface area (Å²) in [6, 6.07) is 25.8. The molecule has 0 aliphatic heterocycles. The van der Waals surface area contributed by atoms with E-state index in [1.54, 1.807) is 21.8 Å². The monoisotopic (exact) mass is 458 g/mol. The Bertz CT molecular complexity index is 1770. The smallest absolute Gasteiger partial charge is 0.265 e. The predicted molar refractivity (Wildman–Crippen MR) is 139 cm³/mol. The van der Waals surface area contributed by atoms with E-state index in [0.29, 0.717) is 28.7 Å². The first-order chi connectivity index (χ1) is 17.2. The van der Waals surface area contributed by atoms with E-state index >= 15 is 0 Å². The topological polar surface area (TPSA) is 78.0 Å². The fraction of sp³-hybridized carbons (Fsp3) is 0.107. The Morgan fingerprint density at radius 1 is 0.857 bits per heavy atom. The van der Waals surface area contributed by atoms with Crippen molar-refractivity contribution in [2.24, 2.45) is 5.10 Å². The maximum Gasteiger partial charge on any atom is 0.265 e. The molecular weight excluding hydrogens is 436 g/mol. The molecule has 35 heavy (non-hydrogen) atoms. The quantitative estimate of drug-likeness (QED) is 0.350. The lowest BCUT2D eigenvalue weighted by molar-refractivity contribution is 0.661. The molecule has 7 heteroatoms. The van der Waals surface area contributed by atoms with Crippen LogP contribution in [0.15, 0.2) is 95.1 Å². The molecule has 0 N–H and O–H groups in total. The normalized spacial score (nSPS) is 11.8. The second-order valence-corrected chi connectivity index (χ2v) is 8.53. The Labute approximate surface area is 201 Å². The minimum absolute atomic E-state index is 0.148. The van der Waals surface area contributed by atoms with E-state index in [1.165, 1.54) is 5.56 Å². The number of fused-ring (bicyclic) bond motifs is 4. The molecule has 0 bridgehead atoms. The summed E-state index contributed by atoms with van der Waals surface area (Å²) >= 11 is 0. The first-order valence-corrected chi connectivity index (χ1v) is 11.5. The van der Waals surface area contributed by atoms with Crippen LogP contribution in [0.5, 0.6) is 0 Å². The first-order valence-electron chi connectivity index (χ1n) is 11.5. The van der Waals surface area contributed by atoms with Gasteiger partial charge < -0.3 is 0 Å². The van der Waals surface area contributed by atoms with Crippen molar-refractivity contribution in [3.8, 4) is 0 Å². The van der Waals surface area contributed by atoms with Gasteiger partial charge in [-0.05, 0) is 36.6 Å². The van der Waals surface area contributed by atoms with Crippen molar-refractivity contribution in [3.05, 3.63) is 112 Å². The lowest BCUT2D eigenvalue weighted by Gasteiger charge is -2.05. The van der Waals surface area contributed by atoms with Crippen molar-refractivity contribution in [1.82, 2.24) is 24.2 Å². The summed E-state index contributed by atoms with van der Waals surface area (Å²) in [6.07, 6.45) is 4.06. The fourth-order valence-electron chi connectivity index (χ4n) is 4.19. The molecule has 3 heterocycles. The van der Waals surface area contributed by atoms with E-state index in [-0.39, 0.29) is 5.56 Å². The SMILES string of the molecule is Cc1ccc(/C=N\n2c3nc4ccccc4nc3c3c(=O)n(CCc4ccccc4)cnc32)cc1. The molecular formula is C28H22N6O. The molecule has 3 aromatic heterocycles. The third kappa shape index (κ3) is 3.87. The van der Waals surface area contributed by atoms with Crippen LogP contribution < -0.4 is 5.56 Å². The zero-order valence-corrected chi connectivity index (χ0v) is 19.2. The van der Waals surface area contributed by atoms with Gasteiger partial charge in [0.1, 0.15) is 10.9 Å². The summed E-state index contributed by atoms with van der Waals surface area (Å²) in [5.74, 6) is 0. The molecule has 0 unspecified atom stereocenters. The summed E-state index contributed by atoms with van der Waals surface area (Å²) in [5.41, 5.74) is 6.04. The van der Waals surface area contributed by atoms with Crippen LogP contribution in [0.2, 0.25) is 0 Å². The molecule has 6 rings (SSSR count). The Morgan fingerprint density at radius 3 is 2.34 bits per heavy atom. The number of para-hydroxylation sites is 2. The van der Waals surface area contributed by atoms with Gasteiger partial charge in [-0.1, -0.05) is 72.3 Å². The molecule has 0 saturated heterocycles. The van der Waals surface area contributed by atoms with Gasteiger partial charge in [-0.3, -0.25) is 9.36 Å². The van der Waals surface area contributed by atoms with Gasteiger partial charge >= 0.3 is 0 Å². The van der Waals surface area contributed by atoms with Crippen molar-refractivity contribution in [2.45, 2.75) is 19.9 Å². The highest BCUT2D eigenvalue weighted by atomic mass is 16.1. The molecule has 0 atom stereocenters. The zero-order chi connectivity index (χ0) is 23.8. The maximum absolute atomic E-state index is 13.6. The van der Waals surface area contributed by atoms with Crippen LogP contribution in [0.3, 0.4) is 0 Å². The lowest BCUT2D eigenvalue weighted by atomic mass is 10.1. The highest BCUT2D eigenvalue weighted by Crippen LogP contribution is 2.25. The van der Waals surface area contributed by atoms with Gasteiger partial charge in [0.25, 0.3) is 5.56 Å². The van der Waals surface area contributed by atoms with Gasteiger partial charge in [-0.25, -0.2) is 15.0 Å². The van der Waals surface area contributed by atoms with E-state index in [2.05, 4.69) is 22.2 Å². The molecule has 0 spiro atoms. The van der Waals surface area contributed by atoms with Gasteiger partial charge in [0.05, 0.1) is 23.6 Å². The maximum atomic E-state index is 13.6. The van der Waals surface area contributed by atoms with Crippen LogP contribution in [0, 0.1) is 6.92 Å². The number of nitrogens with zero attached hydrogens (tertiary/aromatic N) is 6. The molecule has 0 aliphatic carbocycles. The van der Waals surface area contributed by atoms with Crippen molar-refractivity contribution in [3.63, 3.8) is 0 Å². The molecule has 0 fully saturated rings. The van der Waals surface area contributed by atoms with Crippen molar-refractivity contribution in [2.75, 3.05) is 0 Å². The number of benzene rings is 3. The average molecular weight is 459 g/mol. The summed E-state index contributed by atoms with van der Waals surface area (Å²) in [6.45, 7) is 2.56. The second kappa shape index (κ2) is 8.61. The van der Waals surface area contributed by atoms with Crippen molar-refractivity contribution in [1.29, 1.82) is 0 Å². The van der Waals surface area contributed by atoms with Crippen LogP contribution in [0.25, 0.3) is 33.2 Å². The molecule has 0 amide bonds. The fourth-order valence-corrected chi connectivity index (χ4v) is 4.19. The van der Waals surface area contributed by atoms with Gasteiger partial charge in [0.15, 0.2) is 11.3 Å². The van der Waals surface area contributed by atoms with E-state index in [0.717, 1.165) is 28.6 Å². The van der Waals surface area contributed by atoms with Crippen LogP contribution in [-0.4, -0.2) is 30.4 Å². The van der Waals surface area contributed by atoms with Gasteiger partial charge in [-0.15, -0.1) is 0 Å². The molecule has 0 saturated carbocycles. The van der Waals surface area contributed by atoms with E-state index in [1.807, 2.05) is 73.7 Å². The largest absolute Gasteiger partial charge is 0.298 e. The number of rotatable bonds is 5. The van der Waals surface area contributed by atoms with Crippen LogP contribution in [-0.2, 0) is 13.0 Å². The predicted octanol–water partition coefficient (Wildman–Crippen LogP) is 4.73. The second-order valence-electron chi connectivity index (χ2n) is 8.53. The Hall–Kier alpha value is -4.65. The third-order valence-electron chi connectivity index (χ3n) is 6.09. The minimum Gasteiger partial charge on any atom is -0.298 e. The zero-order valence-electron chi connectivity index (χ0n) is 19.2. The Kier molecular flexibility index (Phi) is 5.15. The van der Waals surface area contributed by atoms with Crippen LogP contribution >= 0.6 is 0 Å². The van der Waals surface area contributed by atoms with Gasteiger partial charge in [0.2, 0.25) is 0 Å². The van der Waals surface area contributed by atoms with E-state index in [4.69, 9.17) is 9.97 Å². The molecule has 3 aromatic carbocycles. The highest BCUT2D eigenvalue weighted by molar-refractivity contribution is 6.04. The molecule has 170 valence electrons. The van der Waals surface area contributed by atoms with Gasteiger partial charge in [0, 0.05) is 6.54 Å². The third-order valence-corrected chi connectivity index (χ3v) is 6.09. The Balaban J connectivity index is 1.53. The lowest BCUT2D eigenvalue weighted by Crippen LogP contribution is -2.21. The number of aryl methyl sites for hydroxylation is 3. The number of hydrogen-bond acceptors (Lipinski definition) is 5. The molecule has 0 aliphatic rings. The van der Waals surface area contributed by atoms with Gasteiger partial charge in [-0.2, -0.15) is 9.78 Å². The highest BCUT2D eigenvalue weighted by Gasteiger charge is 2.19. The summed E-state index contributed by atoms with van der Waals surface area (Å²) in [4.78, 5) is 27.9. The first kappa shape index (κ1) is 20.9. The summed E-state index contributed by atoms with van der Waals surface area (Å²) in [7, 11) is 0.